The van der Waals surface area contributed by atoms with Crippen LogP contribution in [0.3, 0.4) is 0 Å². The summed E-state index contributed by atoms with van der Waals surface area (Å²) >= 11 is 0. The van der Waals surface area contributed by atoms with E-state index < -0.39 is 0 Å². The normalized spacial score (nSPS) is 12.1. The van der Waals surface area contributed by atoms with Gasteiger partial charge in [-0.15, -0.1) is 0 Å². The minimum Gasteiger partial charge on any atom is -0.309 e. The summed E-state index contributed by atoms with van der Waals surface area (Å²) in [5.74, 6) is 0. The van der Waals surface area contributed by atoms with Crippen molar-refractivity contribution in [3.8, 4) is 22.7 Å². The zero-order valence-electron chi connectivity index (χ0n) is 31.4. The smallest absolute Gasteiger partial charge is 0.0641 e. The van der Waals surface area contributed by atoms with Gasteiger partial charge in [0.2, 0.25) is 0 Å². The lowest BCUT2D eigenvalue weighted by molar-refractivity contribution is 1.16. The van der Waals surface area contributed by atoms with Crippen LogP contribution < -0.4 is 0 Å². The summed E-state index contributed by atoms with van der Waals surface area (Å²) < 4.78 is 9.81. The van der Waals surface area contributed by atoms with Crippen molar-refractivity contribution in [1.82, 2.24) is 18.3 Å². The predicted molar refractivity (Wildman–Crippen MR) is 244 cm³/mol. The average molecular weight is 739 g/mol. The van der Waals surface area contributed by atoms with Gasteiger partial charge in [0.1, 0.15) is 0 Å². The number of benzene rings is 9. The van der Waals surface area contributed by atoms with E-state index in [4.69, 9.17) is 0 Å². The van der Waals surface area contributed by atoms with Crippen molar-refractivity contribution in [2.75, 3.05) is 0 Å². The van der Waals surface area contributed by atoms with Crippen molar-refractivity contribution in [1.29, 1.82) is 0 Å². The maximum atomic E-state index is 2.48. The molecular weight excluding hydrogens is 705 g/mol. The molecule has 13 rings (SSSR count). The molecule has 270 valence electrons. The highest BCUT2D eigenvalue weighted by atomic mass is 15.0. The van der Waals surface area contributed by atoms with Crippen molar-refractivity contribution >= 4 is 87.2 Å². The monoisotopic (exact) mass is 738 g/mol. The van der Waals surface area contributed by atoms with Gasteiger partial charge in [-0.1, -0.05) is 115 Å². The summed E-state index contributed by atoms with van der Waals surface area (Å²) in [7, 11) is 0. The second-order valence-electron chi connectivity index (χ2n) is 15.3. The Bertz CT molecular complexity index is 3770. The first-order chi connectivity index (χ1) is 28.8. The highest BCUT2D eigenvalue weighted by Crippen LogP contribution is 2.44. The fraction of sp³-hybridized carbons (Fsp3) is 0. The summed E-state index contributed by atoms with van der Waals surface area (Å²) in [5, 5.41) is 9.96. The largest absolute Gasteiger partial charge is 0.309 e. The third-order valence-electron chi connectivity index (χ3n) is 12.3. The molecule has 0 aliphatic carbocycles. The van der Waals surface area contributed by atoms with E-state index in [-0.39, 0.29) is 0 Å². The number of hydrogen-bond donors (Lipinski definition) is 0. The van der Waals surface area contributed by atoms with E-state index in [0.29, 0.717) is 0 Å². The molecule has 0 atom stereocenters. The maximum absolute atomic E-state index is 2.48. The lowest BCUT2D eigenvalue weighted by Crippen LogP contribution is -1.96. The Morgan fingerprint density at radius 2 is 0.621 bits per heavy atom. The molecule has 0 aliphatic rings. The van der Waals surface area contributed by atoms with Gasteiger partial charge < -0.3 is 18.3 Å². The third-order valence-corrected chi connectivity index (χ3v) is 12.3. The van der Waals surface area contributed by atoms with Gasteiger partial charge in [0.15, 0.2) is 0 Å². The highest BCUT2D eigenvalue weighted by Gasteiger charge is 2.23. The fourth-order valence-electron chi connectivity index (χ4n) is 9.95. The lowest BCUT2D eigenvalue weighted by atomic mass is 10.1. The molecule has 0 saturated heterocycles. The van der Waals surface area contributed by atoms with Gasteiger partial charge in [0.05, 0.1) is 44.1 Å². The van der Waals surface area contributed by atoms with Crippen LogP contribution in [0.5, 0.6) is 0 Å². The van der Waals surface area contributed by atoms with E-state index >= 15 is 0 Å². The molecule has 58 heavy (non-hydrogen) atoms. The van der Waals surface area contributed by atoms with E-state index in [1.165, 1.54) is 87.2 Å². The van der Waals surface area contributed by atoms with E-state index in [2.05, 4.69) is 225 Å². The Labute approximate surface area is 333 Å². The molecule has 4 aromatic heterocycles. The van der Waals surface area contributed by atoms with Crippen LogP contribution in [0.2, 0.25) is 0 Å². The summed E-state index contributed by atoms with van der Waals surface area (Å²) in [6, 6.07) is 75.4. The van der Waals surface area contributed by atoms with Crippen molar-refractivity contribution in [3.63, 3.8) is 0 Å². The Morgan fingerprint density at radius 1 is 0.207 bits per heavy atom. The van der Waals surface area contributed by atoms with Crippen LogP contribution in [0.25, 0.3) is 110 Å². The van der Waals surface area contributed by atoms with Gasteiger partial charge in [-0.2, -0.15) is 0 Å². The van der Waals surface area contributed by atoms with Crippen molar-refractivity contribution < 1.29 is 0 Å². The van der Waals surface area contributed by atoms with Crippen LogP contribution in [0, 0.1) is 0 Å². The first-order valence-corrected chi connectivity index (χ1v) is 20.0. The van der Waals surface area contributed by atoms with Gasteiger partial charge in [-0.25, -0.2) is 0 Å². The number of rotatable bonds is 4. The lowest BCUT2D eigenvalue weighted by Gasteiger charge is -2.11. The second kappa shape index (κ2) is 11.8. The first-order valence-electron chi connectivity index (χ1n) is 20.0. The van der Waals surface area contributed by atoms with Gasteiger partial charge in [0.25, 0.3) is 0 Å². The average Bonchev–Trinajstić information content (AvgIpc) is 4.01. The molecular formula is C54H34N4. The molecule has 9 aromatic carbocycles. The molecule has 13 aromatic rings. The topological polar surface area (TPSA) is 19.7 Å². The van der Waals surface area contributed by atoms with Crippen molar-refractivity contribution in [2.45, 2.75) is 0 Å². The predicted octanol–water partition coefficient (Wildman–Crippen LogP) is 14.1. The Morgan fingerprint density at radius 3 is 1.19 bits per heavy atom. The molecule has 0 unspecified atom stereocenters. The second-order valence-corrected chi connectivity index (χ2v) is 15.3. The highest BCUT2D eigenvalue weighted by molar-refractivity contribution is 6.27. The maximum Gasteiger partial charge on any atom is 0.0641 e. The molecule has 0 N–H and O–H groups in total. The summed E-state index contributed by atoms with van der Waals surface area (Å²) in [6.07, 6.45) is 0. The number of hydrogen-bond acceptors (Lipinski definition) is 0. The van der Waals surface area contributed by atoms with Crippen LogP contribution in [0.1, 0.15) is 0 Å². The van der Waals surface area contributed by atoms with Gasteiger partial charge in [0, 0.05) is 65.8 Å². The molecule has 4 nitrogen and oxygen atoms in total. The molecule has 4 heterocycles. The molecule has 0 saturated carbocycles. The minimum atomic E-state index is 1.13. The van der Waals surface area contributed by atoms with Crippen LogP contribution >= 0.6 is 0 Å². The molecule has 0 bridgehead atoms. The van der Waals surface area contributed by atoms with Crippen LogP contribution in [0.4, 0.5) is 0 Å². The van der Waals surface area contributed by atoms with Crippen LogP contribution in [-0.4, -0.2) is 18.3 Å². The minimum absolute atomic E-state index is 1.13. The van der Waals surface area contributed by atoms with Crippen LogP contribution in [-0.2, 0) is 0 Å². The van der Waals surface area contributed by atoms with Crippen molar-refractivity contribution in [2.24, 2.45) is 0 Å². The first kappa shape index (κ1) is 31.4. The molecule has 0 radical (unpaired) electrons. The number of nitrogens with zero attached hydrogens (tertiary/aromatic N) is 4. The van der Waals surface area contributed by atoms with E-state index in [1.54, 1.807) is 0 Å². The zero-order chi connectivity index (χ0) is 37.9. The molecule has 0 spiro atoms. The Balaban J connectivity index is 1.19. The van der Waals surface area contributed by atoms with Crippen LogP contribution in [0.15, 0.2) is 206 Å². The zero-order valence-corrected chi connectivity index (χ0v) is 31.4. The molecule has 0 aliphatic heterocycles. The van der Waals surface area contributed by atoms with Crippen molar-refractivity contribution in [3.05, 3.63) is 206 Å². The van der Waals surface area contributed by atoms with Gasteiger partial charge in [-0.05, 0) is 91.0 Å². The quantitative estimate of drug-likeness (QED) is 0.171. The van der Waals surface area contributed by atoms with Gasteiger partial charge in [-0.3, -0.25) is 0 Å². The third kappa shape index (κ3) is 4.23. The van der Waals surface area contributed by atoms with E-state index in [9.17, 15) is 0 Å². The number of para-hydroxylation sites is 6. The summed E-state index contributed by atoms with van der Waals surface area (Å²) in [5.41, 5.74) is 14.1. The summed E-state index contributed by atoms with van der Waals surface area (Å²) in [4.78, 5) is 0. The Hall–Kier alpha value is -7.82. The molecule has 4 heteroatoms. The van der Waals surface area contributed by atoms with Gasteiger partial charge >= 0.3 is 0 Å². The molecule has 0 fully saturated rings. The Kier molecular flexibility index (Phi) is 6.41. The van der Waals surface area contributed by atoms with E-state index in [1.807, 2.05) is 0 Å². The number of aromatic nitrogens is 4. The molecule has 0 amide bonds. The van der Waals surface area contributed by atoms with E-state index in [0.717, 1.165) is 22.7 Å². The summed E-state index contributed by atoms with van der Waals surface area (Å²) in [6.45, 7) is 0. The fourth-order valence-corrected chi connectivity index (χ4v) is 9.95. The number of fused-ring (bicyclic) bond motifs is 13. The SMILES string of the molecule is c1ccc(-n2c3ccccc3c3cc4c5ccccc5n(-c5ccc6c(c5)c5c(ccc7c8ccccc8n(-c8ccccc8)c75)n6-c5ccccc5)c4cc32)cc1. The standard InChI is InChI=1S/C54H34N4/c1-4-16-35(17-5-1)55-49-30-28-38(32-45(49)53-50(55)31-29-42-39-22-10-15-27-48(39)58(54(42)53)37-20-8-3-9-21-37)57-47-26-14-12-24-41(47)44-33-43-40-23-11-13-25-46(40)56(51(43)34-52(44)57)36-18-6-2-7-19-36/h1-34H.